The first kappa shape index (κ1) is 25.1. The Morgan fingerprint density at radius 1 is 1.05 bits per heavy atom. The van der Waals surface area contributed by atoms with Gasteiger partial charge in [0.1, 0.15) is 18.1 Å². The Morgan fingerprint density at radius 3 is 2.56 bits per heavy atom. The zero-order valence-corrected chi connectivity index (χ0v) is 21.3. The van der Waals surface area contributed by atoms with Crippen LogP contribution in [0.3, 0.4) is 0 Å². The first-order chi connectivity index (χ1) is 18.9. The number of aromatic nitrogens is 5. The topological polar surface area (TPSA) is 112 Å². The zero-order chi connectivity index (χ0) is 27.1. The number of hydrogen-bond donors (Lipinski definition) is 1. The maximum absolute atomic E-state index is 15.3. The van der Waals surface area contributed by atoms with Crippen LogP contribution in [-0.2, 0) is 0 Å². The minimum Gasteiger partial charge on any atom is -0.489 e. The molecule has 9 nitrogen and oxygen atoms in total. The van der Waals surface area contributed by atoms with E-state index in [4.69, 9.17) is 10.5 Å². The SMILES string of the molecule is CCN1CCOc2ccc(c(F)c2F)-n2nnnc2-c2cc(cnc2N)-c2ccc(cc2)C(=O)C(C2CC2)C1. The summed E-state index contributed by atoms with van der Waals surface area (Å²) in [6, 6.07) is 11.9. The van der Waals surface area contributed by atoms with Crippen LogP contribution >= 0.6 is 0 Å². The molecule has 4 aromatic rings. The summed E-state index contributed by atoms with van der Waals surface area (Å²) in [5.74, 6) is -1.97. The fourth-order valence-corrected chi connectivity index (χ4v) is 5.05. The Balaban J connectivity index is 1.47. The van der Waals surface area contributed by atoms with Gasteiger partial charge in [-0.15, -0.1) is 5.10 Å². The number of carbonyl (C=O) groups is 1. The van der Waals surface area contributed by atoms with Gasteiger partial charge >= 0.3 is 0 Å². The number of ketones is 1. The van der Waals surface area contributed by atoms with Crippen LogP contribution in [-0.4, -0.2) is 62.1 Å². The third kappa shape index (κ3) is 4.74. The van der Waals surface area contributed by atoms with E-state index in [0.29, 0.717) is 42.2 Å². The zero-order valence-electron chi connectivity index (χ0n) is 21.3. The number of halogens is 2. The number of hydrogen-bond acceptors (Lipinski definition) is 8. The number of rotatable bonds is 2. The molecule has 2 N–H and O–H groups in total. The Bertz CT molecular complexity index is 1540. The van der Waals surface area contributed by atoms with Gasteiger partial charge < -0.3 is 10.5 Å². The summed E-state index contributed by atoms with van der Waals surface area (Å²) in [7, 11) is 0. The molecular formula is C28H27F2N7O2. The van der Waals surface area contributed by atoms with Crippen molar-refractivity contribution < 1.29 is 18.3 Å². The lowest BCUT2D eigenvalue weighted by atomic mass is 9.91. The number of nitrogen functional groups attached to an aromatic ring is 1. The molecule has 1 fully saturated rings. The number of pyridine rings is 1. The van der Waals surface area contributed by atoms with Crippen molar-refractivity contribution in [3.05, 3.63) is 65.9 Å². The number of nitrogens with two attached hydrogens (primary N) is 1. The predicted octanol–water partition coefficient (Wildman–Crippen LogP) is 4.17. The van der Waals surface area contributed by atoms with Gasteiger partial charge in [-0.25, -0.2) is 9.37 Å². The average Bonchev–Trinajstić information content (AvgIpc) is 3.68. The van der Waals surface area contributed by atoms with E-state index >= 15 is 8.78 Å². The molecule has 2 aromatic carbocycles. The van der Waals surface area contributed by atoms with E-state index in [1.54, 1.807) is 12.3 Å². The van der Waals surface area contributed by atoms with Gasteiger partial charge in [0.15, 0.2) is 23.2 Å². The number of likely N-dealkylation sites (N-methyl/N-ethyl adjacent to an activating group) is 1. The number of anilines is 1. The van der Waals surface area contributed by atoms with Gasteiger partial charge in [0.2, 0.25) is 5.82 Å². The van der Waals surface area contributed by atoms with Crippen LogP contribution in [0.15, 0.2) is 48.7 Å². The Labute approximate surface area is 223 Å². The molecule has 0 amide bonds. The molecule has 1 unspecified atom stereocenters. The molecule has 9 rings (SSSR count). The van der Waals surface area contributed by atoms with Gasteiger partial charge in [-0.1, -0.05) is 31.2 Å². The third-order valence-corrected chi connectivity index (χ3v) is 7.48. The molecule has 2 aromatic heterocycles. The highest BCUT2D eigenvalue weighted by Gasteiger charge is 2.37. The van der Waals surface area contributed by atoms with Gasteiger partial charge in [-0.05, 0) is 59.5 Å². The molecule has 5 aliphatic rings. The highest BCUT2D eigenvalue weighted by atomic mass is 19.2. The normalized spacial score (nSPS) is 18.1. The van der Waals surface area contributed by atoms with E-state index in [0.717, 1.165) is 23.1 Å². The van der Waals surface area contributed by atoms with Crippen LogP contribution in [0.25, 0.3) is 28.2 Å². The lowest BCUT2D eigenvalue weighted by Crippen LogP contribution is -2.37. The predicted molar refractivity (Wildman–Crippen MR) is 140 cm³/mol. The van der Waals surface area contributed by atoms with Crippen molar-refractivity contribution >= 4 is 11.6 Å². The van der Waals surface area contributed by atoms with Crippen LogP contribution < -0.4 is 10.5 Å². The summed E-state index contributed by atoms with van der Waals surface area (Å²) in [6.45, 7) is 3.88. The largest absolute Gasteiger partial charge is 0.489 e. The van der Waals surface area contributed by atoms with Crippen LogP contribution in [0.4, 0.5) is 14.6 Å². The quantitative estimate of drug-likeness (QED) is 0.410. The van der Waals surface area contributed by atoms with Gasteiger partial charge in [0.25, 0.3) is 0 Å². The highest BCUT2D eigenvalue weighted by Crippen LogP contribution is 2.39. The van der Waals surface area contributed by atoms with Crippen molar-refractivity contribution in [3.8, 4) is 34.0 Å². The Morgan fingerprint density at radius 2 is 1.82 bits per heavy atom. The summed E-state index contributed by atoms with van der Waals surface area (Å²) >= 11 is 0. The number of ether oxygens (including phenoxy) is 1. The van der Waals surface area contributed by atoms with Gasteiger partial charge in [-0.3, -0.25) is 9.69 Å². The summed E-state index contributed by atoms with van der Waals surface area (Å²) in [6.07, 6.45) is 3.66. The summed E-state index contributed by atoms with van der Waals surface area (Å²) < 4.78 is 37.1. The molecule has 6 heterocycles. The fourth-order valence-electron chi connectivity index (χ4n) is 5.05. The van der Waals surface area contributed by atoms with E-state index in [1.807, 2.05) is 31.2 Å². The monoisotopic (exact) mass is 531 g/mol. The van der Waals surface area contributed by atoms with E-state index < -0.39 is 11.6 Å². The molecule has 0 saturated heterocycles. The second-order valence-electron chi connectivity index (χ2n) is 9.91. The molecule has 200 valence electrons. The molecule has 0 radical (unpaired) electrons. The lowest BCUT2D eigenvalue weighted by Gasteiger charge is -2.26. The molecule has 1 atom stereocenters. The van der Waals surface area contributed by atoms with E-state index in [-0.39, 0.29) is 41.4 Å². The van der Waals surface area contributed by atoms with E-state index in [1.165, 1.54) is 12.1 Å². The first-order valence-electron chi connectivity index (χ1n) is 13.0. The molecule has 6 bridgehead atoms. The van der Waals surface area contributed by atoms with Gasteiger partial charge in [-0.2, -0.15) is 9.07 Å². The lowest BCUT2D eigenvalue weighted by molar-refractivity contribution is 0.0850. The van der Waals surface area contributed by atoms with Crippen molar-refractivity contribution in [2.24, 2.45) is 11.8 Å². The minimum atomic E-state index is -1.15. The summed E-state index contributed by atoms with van der Waals surface area (Å²) in [5.41, 5.74) is 8.48. The molecule has 1 saturated carbocycles. The molecule has 11 heteroatoms. The molecule has 39 heavy (non-hydrogen) atoms. The molecular weight excluding hydrogens is 504 g/mol. The van der Waals surface area contributed by atoms with Crippen molar-refractivity contribution in [2.45, 2.75) is 19.8 Å². The summed E-state index contributed by atoms with van der Waals surface area (Å²) in [5, 5.41) is 11.6. The second-order valence-corrected chi connectivity index (χ2v) is 9.91. The Kier molecular flexibility index (Phi) is 6.51. The second kappa shape index (κ2) is 10.1. The molecule has 0 spiro atoms. The maximum Gasteiger partial charge on any atom is 0.202 e. The molecule has 1 aliphatic carbocycles. The number of tetrazole rings is 1. The smallest absolute Gasteiger partial charge is 0.202 e. The first-order valence-corrected chi connectivity index (χ1v) is 13.0. The van der Waals surface area contributed by atoms with Crippen molar-refractivity contribution in [3.63, 3.8) is 0 Å². The highest BCUT2D eigenvalue weighted by molar-refractivity contribution is 5.98. The van der Waals surface area contributed by atoms with Crippen molar-refractivity contribution in [2.75, 3.05) is 32.0 Å². The van der Waals surface area contributed by atoms with Gasteiger partial charge in [0, 0.05) is 36.3 Å². The average molecular weight is 532 g/mol. The van der Waals surface area contributed by atoms with Crippen LogP contribution in [0.5, 0.6) is 5.75 Å². The van der Waals surface area contributed by atoms with E-state index in [2.05, 4.69) is 25.4 Å². The van der Waals surface area contributed by atoms with Crippen molar-refractivity contribution in [1.82, 2.24) is 30.1 Å². The molecule has 4 aliphatic heterocycles. The van der Waals surface area contributed by atoms with Crippen LogP contribution in [0, 0.1) is 23.5 Å². The van der Waals surface area contributed by atoms with E-state index in [9.17, 15) is 4.79 Å². The minimum absolute atomic E-state index is 0.0980. The summed E-state index contributed by atoms with van der Waals surface area (Å²) in [4.78, 5) is 20.0. The number of carbonyl (C=O) groups excluding carboxylic acids is 1. The maximum atomic E-state index is 15.3. The van der Waals surface area contributed by atoms with Crippen LogP contribution in [0.2, 0.25) is 0 Å². The van der Waals surface area contributed by atoms with Gasteiger partial charge in [0.05, 0.1) is 5.56 Å². The standard InChI is InChI=1S/C28H27F2N7O2/c1-2-36-11-12-39-23-10-9-22(24(29)25(23)30)37-28(33-34-35-37)20-13-19(14-32-27(20)31)16-3-7-18(8-4-16)26(38)21(15-36)17-5-6-17/h3-4,7-10,13-14,17,21H,2,5-6,11-12,15H2,1H3,(H2,31,32). The Hall–Kier alpha value is -4.25. The van der Waals surface area contributed by atoms with Crippen LogP contribution in [0.1, 0.15) is 30.1 Å². The fraction of sp³-hybridized carbons (Fsp3) is 0.321. The number of nitrogens with zero attached hydrogens (tertiary/aromatic N) is 6. The third-order valence-electron chi connectivity index (χ3n) is 7.48. The number of benzene rings is 2. The van der Waals surface area contributed by atoms with Crippen molar-refractivity contribution in [1.29, 1.82) is 0 Å². The number of Topliss-reactive ketones (excluding diaryl/α,β-unsaturated/α-hetero) is 1.